The Labute approximate surface area is 259 Å². The molecular weight excluding hydrogens is 587 g/mol. The molecule has 0 saturated carbocycles. The van der Waals surface area contributed by atoms with Crippen molar-refractivity contribution < 1.29 is 29.0 Å². The molecule has 9 nitrogen and oxygen atoms in total. The van der Waals surface area contributed by atoms with Crippen LogP contribution in [0.1, 0.15) is 22.3 Å². The molecule has 2 aliphatic heterocycles. The van der Waals surface area contributed by atoms with Crippen LogP contribution in [-0.4, -0.2) is 83.0 Å². The Morgan fingerprint density at radius 1 is 1.00 bits per heavy atom. The van der Waals surface area contributed by atoms with Gasteiger partial charge in [-0.25, -0.2) is 4.79 Å². The fourth-order valence-electron chi connectivity index (χ4n) is 4.68. The second kappa shape index (κ2) is 14.4. The summed E-state index contributed by atoms with van der Waals surface area (Å²) in [5, 5.41) is 11.8. The van der Waals surface area contributed by atoms with Gasteiger partial charge in [-0.3, -0.25) is 19.4 Å². The standard InChI is InChI=1S/C32H31N3O6S2/c36-29(33-26-9-6-23(7-10-26)31(38)39)12-13-35-30(37)28(43-32(35)42)21-25-20-24(22-4-2-1-3-5-22)8-11-27(25)41-19-16-34-14-17-40-18-15-34/h1-11,20-21H,12-19H2,(H,33,36)(H,38,39). The summed E-state index contributed by atoms with van der Waals surface area (Å²) in [6.45, 7) is 4.59. The van der Waals surface area contributed by atoms with E-state index in [2.05, 4.69) is 10.2 Å². The summed E-state index contributed by atoms with van der Waals surface area (Å²) in [4.78, 5) is 41.2. The summed E-state index contributed by atoms with van der Waals surface area (Å²) >= 11 is 6.70. The van der Waals surface area contributed by atoms with Crippen molar-refractivity contribution in [2.24, 2.45) is 0 Å². The van der Waals surface area contributed by atoms with E-state index < -0.39 is 5.97 Å². The first-order valence-corrected chi connectivity index (χ1v) is 15.1. The number of thioether (sulfide) groups is 1. The lowest BCUT2D eigenvalue weighted by Gasteiger charge is -2.26. The molecule has 2 saturated heterocycles. The second-order valence-corrected chi connectivity index (χ2v) is 11.6. The zero-order valence-corrected chi connectivity index (χ0v) is 25.0. The smallest absolute Gasteiger partial charge is 0.335 e. The molecule has 2 fully saturated rings. The maximum atomic E-state index is 13.4. The number of carbonyl (C=O) groups excluding carboxylic acids is 2. The van der Waals surface area contributed by atoms with Crippen LogP contribution in [0.2, 0.25) is 0 Å². The molecule has 2 amide bonds. The zero-order chi connectivity index (χ0) is 30.2. The van der Waals surface area contributed by atoms with Crippen molar-refractivity contribution in [1.82, 2.24) is 9.80 Å². The van der Waals surface area contributed by atoms with E-state index in [9.17, 15) is 14.4 Å². The van der Waals surface area contributed by atoms with Crippen LogP contribution in [0, 0.1) is 0 Å². The summed E-state index contributed by atoms with van der Waals surface area (Å²) < 4.78 is 12.0. The SMILES string of the molecule is O=C(CCN1C(=O)C(=Cc2cc(-c3ccccc3)ccc2OCCN2CCOCC2)SC1=S)Nc1ccc(C(=O)O)cc1. The number of amides is 2. The number of benzene rings is 3. The number of thiocarbonyl (C=S) groups is 1. The van der Waals surface area contributed by atoms with Crippen LogP contribution < -0.4 is 10.1 Å². The third-order valence-corrected chi connectivity index (χ3v) is 8.40. The maximum absolute atomic E-state index is 13.4. The average Bonchev–Trinajstić information content (AvgIpc) is 3.29. The number of hydrogen-bond acceptors (Lipinski definition) is 8. The van der Waals surface area contributed by atoms with Crippen LogP contribution in [-0.2, 0) is 14.3 Å². The van der Waals surface area contributed by atoms with Gasteiger partial charge >= 0.3 is 5.97 Å². The largest absolute Gasteiger partial charge is 0.492 e. The minimum atomic E-state index is -1.04. The highest BCUT2D eigenvalue weighted by Crippen LogP contribution is 2.36. The van der Waals surface area contributed by atoms with Crippen LogP contribution in [0.15, 0.2) is 77.7 Å². The van der Waals surface area contributed by atoms with E-state index in [4.69, 9.17) is 26.8 Å². The summed E-state index contributed by atoms with van der Waals surface area (Å²) in [7, 11) is 0. The highest BCUT2D eigenvalue weighted by Gasteiger charge is 2.32. The Balaban J connectivity index is 1.27. The van der Waals surface area contributed by atoms with Crippen LogP contribution in [0.25, 0.3) is 17.2 Å². The van der Waals surface area contributed by atoms with Gasteiger partial charge in [-0.15, -0.1) is 0 Å². The molecule has 0 radical (unpaired) electrons. The number of carboxylic acid groups (broad SMARTS) is 1. The topological polar surface area (TPSA) is 108 Å². The number of ether oxygens (including phenoxy) is 2. The summed E-state index contributed by atoms with van der Waals surface area (Å²) in [5.74, 6) is -0.948. The first-order valence-electron chi connectivity index (χ1n) is 13.9. The molecule has 0 aromatic heterocycles. The van der Waals surface area contributed by atoms with Crippen molar-refractivity contribution in [3.05, 3.63) is 88.8 Å². The van der Waals surface area contributed by atoms with E-state index in [1.165, 1.54) is 40.9 Å². The molecule has 2 aliphatic rings. The number of hydrogen-bond donors (Lipinski definition) is 2. The van der Waals surface area contributed by atoms with Gasteiger partial charge in [0, 0.05) is 43.9 Å². The Bertz CT molecular complexity index is 1520. The lowest BCUT2D eigenvalue weighted by Crippen LogP contribution is -2.38. The van der Waals surface area contributed by atoms with Crippen molar-refractivity contribution in [1.29, 1.82) is 0 Å². The number of nitrogens with one attached hydrogen (secondary N) is 1. The van der Waals surface area contributed by atoms with E-state index in [1.54, 1.807) is 6.08 Å². The van der Waals surface area contributed by atoms with Gasteiger partial charge in [-0.05, 0) is 53.6 Å². The molecule has 5 rings (SSSR count). The molecule has 0 atom stereocenters. The molecule has 2 N–H and O–H groups in total. The van der Waals surface area contributed by atoms with Gasteiger partial charge in [0.15, 0.2) is 0 Å². The van der Waals surface area contributed by atoms with Gasteiger partial charge in [0.1, 0.15) is 16.7 Å². The maximum Gasteiger partial charge on any atom is 0.335 e. The third-order valence-electron chi connectivity index (χ3n) is 7.02. The summed E-state index contributed by atoms with van der Waals surface area (Å²) in [6.07, 6.45) is 1.83. The molecule has 11 heteroatoms. The van der Waals surface area contributed by atoms with Gasteiger partial charge in [0.2, 0.25) is 5.91 Å². The molecule has 3 aromatic rings. The van der Waals surface area contributed by atoms with E-state index in [-0.39, 0.29) is 30.3 Å². The number of aromatic carboxylic acids is 1. The zero-order valence-electron chi connectivity index (χ0n) is 23.4. The lowest BCUT2D eigenvalue weighted by molar-refractivity contribution is -0.122. The predicted molar refractivity (Wildman–Crippen MR) is 171 cm³/mol. The van der Waals surface area contributed by atoms with Gasteiger partial charge in [0.25, 0.3) is 5.91 Å². The van der Waals surface area contributed by atoms with E-state index in [1.807, 2.05) is 48.5 Å². The number of anilines is 1. The second-order valence-electron chi connectivity index (χ2n) is 9.94. The van der Waals surface area contributed by atoms with Gasteiger partial charge < -0.3 is 19.9 Å². The van der Waals surface area contributed by atoms with Crippen LogP contribution in [0.5, 0.6) is 5.75 Å². The number of nitrogens with zero attached hydrogens (tertiary/aromatic N) is 2. The number of carbonyl (C=O) groups is 3. The van der Waals surface area contributed by atoms with Crippen LogP contribution >= 0.6 is 24.0 Å². The fourth-order valence-corrected chi connectivity index (χ4v) is 5.98. The van der Waals surface area contributed by atoms with Crippen molar-refractivity contribution in [2.45, 2.75) is 6.42 Å². The number of rotatable bonds is 11. The Morgan fingerprint density at radius 2 is 1.74 bits per heavy atom. The fraction of sp³-hybridized carbons (Fsp3) is 0.250. The predicted octanol–water partition coefficient (Wildman–Crippen LogP) is 4.99. The Morgan fingerprint density at radius 3 is 2.47 bits per heavy atom. The molecule has 3 aromatic carbocycles. The van der Waals surface area contributed by atoms with Crippen LogP contribution in [0.4, 0.5) is 5.69 Å². The first-order chi connectivity index (χ1) is 20.9. The highest BCUT2D eigenvalue weighted by molar-refractivity contribution is 8.26. The molecule has 2 heterocycles. The molecule has 0 bridgehead atoms. The van der Waals surface area contributed by atoms with Gasteiger partial charge in [0.05, 0.1) is 23.7 Å². The monoisotopic (exact) mass is 617 g/mol. The van der Waals surface area contributed by atoms with Crippen molar-refractivity contribution in [3.8, 4) is 16.9 Å². The van der Waals surface area contributed by atoms with Gasteiger partial charge in [-0.2, -0.15) is 0 Å². The van der Waals surface area contributed by atoms with Crippen molar-refractivity contribution >= 4 is 57.8 Å². The third kappa shape index (κ3) is 8.08. The summed E-state index contributed by atoms with van der Waals surface area (Å²) in [5.41, 5.74) is 3.41. The highest BCUT2D eigenvalue weighted by atomic mass is 32.2. The first kappa shape index (κ1) is 30.4. The molecular formula is C32H31N3O6S2. The molecule has 0 unspecified atom stereocenters. The molecule has 0 aliphatic carbocycles. The quantitative estimate of drug-likeness (QED) is 0.227. The van der Waals surface area contributed by atoms with Crippen LogP contribution in [0.3, 0.4) is 0 Å². The minimum absolute atomic E-state index is 0.0276. The lowest BCUT2D eigenvalue weighted by atomic mass is 10.0. The van der Waals surface area contributed by atoms with E-state index >= 15 is 0 Å². The van der Waals surface area contributed by atoms with Gasteiger partial charge in [-0.1, -0.05) is 60.4 Å². The molecule has 0 spiro atoms. The average molecular weight is 618 g/mol. The Hall–Kier alpha value is -4.03. The Kier molecular flexibility index (Phi) is 10.2. The molecule has 43 heavy (non-hydrogen) atoms. The van der Waals surface area contributed by atoms with Crippen molar-refractivity contribution in [3.63, 3.8) is 0 Å². The number of morpholine rings is 1. The minimum Gasteiger partial charge on any atom is -0.492 e. The molecule has 222 valence electrons. The number of carboxylic acids is 1. The van der Waals surface area contributed by atoms with E-state index in [0.29, 0.717) is 27.3 Å². The van der Waals surface area contributed by atoms with E-state index in [0.717, 1.165) is 49.5 Å². The summed E-state index contributed by atoms with van der Waals surface area (Å²) in [6, 6.07) is 21.8. The normalized spacial score (nSPS) is 16.5. The van der Waals surface area contributed by atoms with Crippen molar-refractivity contribution in [2.75, 3.05) is 51.3 Å².